The van der Waals surface area contributed by atoms with Crippen molar-refractivity contribution >= 4 is 17.3 Å². The predicted molar refractivity (Wildman–Crippen MR) is 81.7 cm³/mol. The van der Waals surface area contributed by atoms with Gasteiger partial charge in [0.1, 0.15) is 0 Å². The fourth-order valence-corrected chi connectivity index (χ4v) is 1.93. The van der Waals surface area contributed by atoms with Crippen molar-refractivity contribution in [1.29, 1.82) is 0 Å². The lowest BCUT2D eigenvalue weighted by atomic mass is 10.1. The highest BCUT2D eigenvalue weighted by Crippen LogP contribution is 2.02. The Bertz CT molecular complexity index is 496. The number of aromatic nitrogens is 1. The van der Waals surface area contributed by atoms with Crippen LogP contribution >= 0.6 is 12.2 Å². The van der Waals surface area contributed by atoms with Crippen LogP contribution in [0.5, 0.6) is 0 Å². The number of H-pyrrole nitrogens is 1. The first-order valence-electron chi connectivity index (χ1n) is 6.40. The summed E-state index contributed by atoms with van der Waals surface area (Å²) in [5.74, 6) is 0. The first-order valence-corrected chi connectivity index (χ1v) is 6.81. The van der Waals surface area contributed by atoms with E-state index in [9.17, 15) is 4.79 Å². The zero-order valence-electron chi connectivity index (χ0n) is 12.0. The van der Waals surface area contributed by atoms with Crippen LogP contribution in [0.3, 0.4) is 0 Å². The van der Waals surface area contributed by atoms with Gasteiger partial charge in [-0.15, -0.1) is 0 Å². The molecule has 1 heterocycles. The smallest absolute Gasteiger partial charge is 0.253 e. The fraction of sp³-hybridized carbons (Fsp3) is 0.538. The molecule has 19 heavy (non-hydrogen) atoms. The van der Waals surface area contributed by atoms with Crippen molar-refractivity contribution in [3.05, 3.63) is 33.2 Å². The van der Waals surface area contributed by atoms with Gasteiger partial charge in [0.15, 0.2) is 5.11 Å². The van der Waals surface area contributed by atoms with E-state index in [1.165, 1.54) is 4.90 Å². The van der Waals surface area contributed by atoms with Gasteiger partial charge in [0.25, 0.3) is 5.56 Å². The Labute approximate surface area is 119 Å². The minimum absolute atomic E-state index is 0.0504. The second-order valence-corrected chi connectivity index (χ2v) is 5.42. The van der Waals surface area contributed by atoms with Gasteiger partial charge in [-0.25, -0.2) is 0 Å². The summed E-state index contributed by atoms with van der Waals surface area (Å²) < 4.78 is 0. The fourth-order valence-electron chi connectivity index (χ4n) is 1.76. The Morgan fingerprint density at radius 3 is 2.63 bits per heavy atom. The third kappa shape index (κ3) is 5.40. The van der Waals surface area contributed by atoms with E-state index < -0.39 is 0 Å². The lowest BCUT2D eigenvalue weighted by Crippen LogP contribution is -3.06. The normalized spacial score (nSPS) is 10.6. The van der Waals surface area contributed by atoms with Crippen molar-refractivity contribution in [3.8, 4) is 0 Å². The maximum absolute atomic E-state index is 11.8. The van der Waals surface area contributed by atoms with E-state index in [-0.39, 0.29) is 5.56 Å². The number of aryl methyl sites for hydroxylation is 2. The van der Waals surface area contributed by atoms with Gasteiger partial charge in [0, 0.05) is 17.8 Å². The second-order valence-electron chi connectivity index (χ2n) is 5.01. The number of likely N-dealkylation sites (N-methyl/N-ethyl adjacent to an activating group) is 1. The van der Waals surface area contributed by atoms with E-state index in [0.29, 0.717) is 11.7 Å². The van der Waals surface area contributed by atoms with Crippen molar-refractivity contribution < 1.29 is 4.90 Å². The quantitative estimate of drug-likeness (QED) is 0.529. The average molecular weight is 283 g/mol. The van der Waals surface area contributed by atoms with Gasteiger partial charge in [-0.2, -0.15) is 0 Å². The molecule has 0 unspecified atom stereocenters. The van der Waals surface area contributed by atoms with Crippen molar-refractivity contribution in [1.82, 2.24) is 15.6 Å². The minimum Gasteiger partial charge on any atom is -0.358 e. The maximum Gasteiger partial charge on any atom is 0.253 e. The van der Waals surface area contributed by atoms with Crippen molar-refractivity contribution in [2.45, 2.75) is 20.4 Å². The summed E-state index contributed by atoms with van der Waals surface area (Å²) in [4.78, 5) is 16.0. The highest BCUT2D eigenvalue weighted by atomic mass is 32.1. The first-order chi connectivity index (χ1) is 8.90. The van der Waals surface area contributed by atoms with E-state index in [2.05, 4.69) is 29.7 Å². The van der Waals surface area contributed by atoms with Crippen LogP contribution < -0.4 is 21.1 Å². The van der Waals surface area contributed by atoms with Crippen LogP contribution in [0.25, 0.3) is 0 Å². The summed E-state index contributed by atoms with van der Waals surface area (Å²) in [6.07, 6.45) is 0. The van der Waals surface area contributed by atoms with Crippen LogP contribution in [0.15, 0.2) is 10.9 Å². The third-order valence-corrected chi connectivity index (χ3v) is 3.12. The number of thiocarbonyl (C=S) groups is 1. The van der Waals surface area contributed by atoms with Gasteiger partial charge in [-0.3, -0.25) is 4.79 Å². The number of hydrogen-bond acceptors (Lipinski definition) is 2. The third-order valence-electron chi connectivity index (χ3n) is 2.83. The molecule has 0 amide bonds. The van der Waals surface area contributed by atoms with Crippen molar-refractivity contribution in [3.63, 3.8) is 0 Å². The highest BCUT2D eigenvalue weighted by molar-refractivity contribution is 7.80. The molecular weight excluding hydrogens is 260 g/mol. The zero-order chi connectivity index (χ0) is 14.4. The molecule has 1 aromatic heterocycles. The Balaban J connectivity index is 2.49. The summed E-state index contributed by atoms with van der Waals surface area (Å²) >= 11 is 5.17. The summed E-state index contributed by atoms with van der Waals surface area (Å²) in [5, 5.41) is 6.77. The molecule has 0 aliphatic heterocycles. The van der Waals surface area contributed by atoms with Crippen molar-refractivity contribution in [2.75, 3.05) is 27.2 Å². The minimum atomic E-state index is -0.0504. The second kappa shape index (κ2) is 7.25. The Morgan fingerprint density at radius 2 is 2.05 bits per heavy atom. The molecule has 0 bridgehead atoms. The highest BCUT2D eigenvalue weighted by Gasteiger charge is 2.05. The summed E-state index contributed by atoms with van der Waals surface area (Å²) in [5.41, 5.74) is 2.54. The largest absolute Gasteiger partial charge is 0.358 e. The monoisotopic (exact) mass is 283 g/mol. The molecule has 0 radical (unpaired) electrons. The van der Waals surface area contributed by atoms with Gasteiger partial charge >= 0.3 is 0 Å². The molecule has 0 fully saturated rings. The Kier molecular flexibility index (Phi) is 5.98. The van der Waals surface area contributed by atoms with E-state index in [1.807, 2.05) is 19.9 Å². The standard InChI is InChI=1S/C13H22N4OS/c1-9-7-10(2)16-12(18)11(9)8-15-13(19)14-5-6-17(3)4/h7H,5-6,8H2,1-4H3,(H,16,18)(H2,14,15,19)/p+1. The van der Waals surface area contributed by atoms with Crippen LogP contribution in [-0.2, 0) is 6.54 Å². The lowest BCUT2D eigenvalue weighted by molar-refractivity contribution is -0.856. The van der Waals surface area contributed by atoms with E-state index in [0.717, 1.165) is 29.9 Å². The zero-order valence-corrected chi connectivity index (χ0v) is 12.8. The topological polar surface area (TPSA) is 61.4 Å². The van der Waals surface area contributed by atoms with Crippen LogP contribution in [0.4, 0.5) is 0 Å². The molecule has 106 valence electrons. The Hall–Kier alpha value is -1.40. The van der Waals surface area contributed by atoms with Crippen LogP contribution in [0.1, 0.15) is 16.8 Å². The summed E-state index contributed by atoms with van der Waals surface area (Å²) in [6.45, 7) is 6.07. The van der Waals surface area contributed by atoms with E-state index in [1.54, 1.807) is 0 Å². The van der Waals surface area contributed by atoms with Crippen LogP contribution in [0.2, 0.25) is 0 Å². The molecule has 5 nitrogen and oxygen atoms in total. The first kappa shape index (κ1) is 15.7. The van der Waals surface area contributed by atoms with Gasteiger partial charge in [0.05, 0.1) is 27.2 Å². The SMILES string of the molecule is Cc1cc(C)c(CNC(=S)NCC[NH+](C)C)c(=O)[nH]1. The lowest BCUT2D eigenvalue weighted by Gasteiger charge is -2.12. The predicted octanol–water partition coefficient (Wildman–Crippen LogP) is -0.900. The number of aromatic amines is 1. The molecule has 1 aromatic rings. The molecule has 0 spiro atoms. The maximum atomic E-state index is 11.8. The molecule has 4 N–H and O–H groups in total. The van der Waals surface area contributed by atoms with Crippen LogP contribution in [0, 0.1) is 13.8 Å². The molecule has 0 saturated carbocycles. The van der Waals surface area contributed by atoms with Gasteiger partial charge in [0.2, 0.25) is 0 Å². The Morgan fingerprint density at radius 1 is 1.37 bits per heavy atom. The number of quaternary nitrogens is 1. The summed E-state index contributed by atoms with van der Waals surface area (Å²) in [6, 6.07) is 1.96. The van der Waals surface area contributed by atoms with Gasteiger partial charge < -0.3 is 20.5 Å². The van der Waals surface area contributed by atoms with E-state index >= 15 is 0 Å². The number of rotatable bonds is 5. The van der Waals surface area contributed by atoms with Gasteiger partial charge in [-0.05, 0) is 37.7 Å². The van der Waals surface area contributed by atoms with Gasteiger partial charge in [-0.1, -0.05) is 0 Å². The van der Waals surface area contributed by atoms with Crippen LogP contribution in [-0.4, -0.2) is 37.3 Å². The molecule has 0 aromatic carbocycles. The average Bonchev–Trinajstić information content (AvgIpc) is 2.26. The number of pyridine rings is 1. The van der Waals surface area contributed by atoms with Crippen molar-refractivity contribution in [2.24, 2.45) is 0 Å². The molecule has 0 saturated heterocycles. The molecule has 1 rings (SSSR count). The number of nitrogens with one attached hydrogen (secondary N) is 4. The number of hydrogen-bond donors (Lipinski definition) is 4. The van der Waals surface area contributed by atoms with E-state index in [4.69, 9.17) is 12.2 Å². The molecular formula is C13H23N4OS+. The molecule has 0 aliphatic carbocycles. The summed E-state index contributed by atoms with van der Waals surface area (Å²) in [7, 11) is 4.18. The molecule has 0 atom stereocenters. The molecule has 0 aliphatic rings. The molecule has 6 heteroatoms.